The molecule has 0 aromatic heterocycles. The first-order chi connectivity index (χ1) is 8.68. The molecule has 0 amide bonds. The van der Waals surface area contributed by atoms with Crippen molar-refractivity contribution in [3.05, 3.63) is 29.8 Å². The smallest absolute Gasteiger partial charge is 0.304 e. The van der Waals surface area contributed by atoms with Gasteiger partial charge in [-0.25, -0.2) is 0 Å². The van der Waals surface area contributed by atoms with Crippen molar-refractivity contribution in [3.63, 3.8) is 0 Å². The summed E-state index contributed by atoms with van der Waals surface area (Å²) in [6.07, 6.45) is 5.50. The van der Waals surface area contributed by atoms with Gasteiger partial charge in [0.2, 0.25) is 0 Å². The van der Waals surface area contributed by atoms with Crippen LogP contribution in [-0.4, -0.2) is 18.2 Å². The van der Waals surface area contributed by atoms with Gasteiger partial charge in [0.15, 0.2) is 0 Å². The molecule has 0 saturated heterocycles. The molecule has 1 saturated carbocycles. The zero-order valence-corrected chi connectivity index (χ0v) is 10.8. The molecule has 1 aromatic rings. The number of hydrogen-bond donors (Lipinski definition) is 1. The first kappa shape index (κ1) is 12.9. The summed E-state index contributed by atoms with van der Waals surface area (Å²) < 4.78 is 5.41. The van der Waals surface area contributed by atoms with E-state index in [2.05, 4.69) is 0 Å². The van der Waals surface area contributed by atoms with E-state index in [1.807, 2.05) is 24.3 Å². The van der Waals surface area contributed by atoms with Crippen LogP contribution < -0.4 is 4.74 Å². The van der Waals surface area contributed by atoms with Gasteiger partial charge in [0.05, 0.1) is 13.5 Å². The maximum absolute atomic E-state index is 11.2. The van der Waals surface area contributed by atoms with Crippen LogP contribution in [0, 0.1) is 0 Å². The molecule has 0 heterocycles. The van der Waals surface area contributed by atoms with E-state index in [0.717, 1.165) is 37.0 Å². The minimum absolute atomic E-state index is 0.202. The van der Waals surface area contributed by atoms with Crippen molar-refractivity contribution < 1.29 is 14.6 Å². The van der Waals surface area contributed by atoms with Crippen molar-refractivity contribution in [1.82, 2.24) is 0 Å². The summed E-state index contributed by atoms with van der Waals surface area (Å²) in [6.45, 7) is 0. The molecule has 2 rings (SSSR count). The van der Waals surface area contributed by atoms with E-state index >= 15 is 0 Å². The molecule has 1 aliphatic rings. The first-order valence-electron chi connectivity index (χ1n) is 6.53. The number of benzene rings is 1. The molecule has 0 spiro atoms. The van der Waals surface area contributed by atoms with Gasteiger partial charge in [0.1, 0.15) is 5.75 Å². The largest absolute Gasteiger partial charge is 0.496 e. The fourth-order valence-corrected chi connectivity index (χ4v) is 3.14. The van der Waals surface area contributed by atoms with Gasteiger partial charge in [-0.1, -0.05) is 37.5 Å². The van der Waals surface area contributed by atoms with E-state index in [1.165, 1.54) is 6.42 Å². The number of methoxy groups -OCH3 is 1. The van der Waals surface area contributed by atoms with E-state index in [-0.39, 0.29) is 11.8 Å². The second-order valence-corrected chi connectivity index (χ2v) is 5.11. The van der Waals surface area contributed by atoms with Gasteiger partial charge in [-0.2, -0.15) is 0 Å². The molecule has 3 heteroatoms. The number of para-hydroxylation sites is 1. The molecule has 1 N–H and O–H groups in total. The van der Waals surface area contributed by atoms with Crippen molar-refractivity contribution in [1.29, 1.82) is 0 Å². The van der Waals surface area contributed by atoms with Gasteiger partial charge in [-0.05, 0) is 18.9 Å². The van der Waals surface area contributed by atoms with Crippen LogP contribution in [-0.2, 0) is 10.2 Å². The van der Waals surface area contributed by atoms with E-state index in [1.54, 1.807) is 7.11 Å². The predicted octanol–water partition coefficient (Wildman–Crippen LogP) is 3.37. The number of carboxylic acids is 1. The Morgan fingerprint density at radius 2 is 1.94 bits per heavy atom. The lowest BCUT2D eigenvalue weighted by molar-refractivity contribution is -0.138. The summed E-state index contributed by atoms with van der Waals surface area (Å²) in [5, 5.41) is 9.22. The summed E-state index contributed by atoms with van der Waals surface area (Å²) in [5.74, 6) is 0.100. The van der Waals surface area contributed by atoms with Crippen LogP contribution in [0.3, 0.4) is 0 Å². The molecule has 1 aromatic carbocycles. The van der Waals surface area contributed by atoms with Crippen molar-refractivity contribution in [2.45, 2.75) is 43.9 Å². The zero-order chi connectivity index (χ0) is 13.0. The maximum Gasteiger partial charge on any atom is 0.304 e. The number of carboxylic acid groups (broad SMARTS) is 1. The summed E-state index contributed by atoms with van der Waals surface area (Å²) >= 11 is 0. The van der Waals surface area contributed by atoms with Gasteiger partial charge in [-0.3, -0.25) is 4.79 Å². The number of aliphatic carboxylic acids is 1. The van der Waals surface area contributed by atoms with Gasteiger partial charge < -0.3 is 9.84 Å². The van der Waals surface area contributed by atoms with Crippen molar-refractivity contribution in [3.8, 4) is 5.75 Å². The van der Waals surface area contributed by atoms with Crippen LogP contribution in [0.5, 0.6) is 5.75 Å². The molecule has 98 valence electrons. The van der Waals surface area contributed by atoms with Crippen LogP contribution in [0.2, 0.25) is 0 Å². The Hall–Kier alpha value is -1.51. The average molecular weight is 248 g/mol. The highest BCUT2D eigenvalue weighted by molar-refractivity contribution is 5.69. The van der Waals surface area contributed by atoms with Crippen LogP contribution in [0.1, 0.15) is 44.1 Å². The number of hydrogen-bond acceptors (Lipinski definition) is 2. The third-order valence-electron chi connectivity index (χ3n) is 3.98. The number of carbonyl (C=O) groups is 1. The second-order valence-electron chi connectivity index (χ2n) is 5.11. The Labute approximate surface area is 108 Å². The summed E-state index contributed by atoms with van der Waals surface area (Å²) in [5.41, 5.74) is 0.825. The third kappa shape index (κ3) is 2.50. The van der Waals surface area contributed by atoms with Crippen LogP contribution in [0.25, 0.3) is 0 Å². The number of rotatable bonds is 4. The molecule has 1 fully saturated rings. The molecule has 1 aliphatic carbocycles. The fraction of sp³-hybridized carbons (Fsp3) is 0.533. The Morgan fingerprint density at radius 1 is 1.28 bits per heavy atom. The van der Waals surface area contributed by atoms with Crippen LogP contribution >= 0.6 is 0 Å². The Balaban J connectivity index is 2.41. The summed E-state index contributed by atoms with van der Waals surface area (Å²) in [4.78, 5) is 11.2. The van der Waals surface area contributed by atoms with Gasteiger partial charge in [0.25, 0.3) is 0 Å². The average Bonchev–Trinajstić information content (AvgIpc) is 2.39. The highest BCUT2D eigenvalue weighted by Crippen LogP contribution is 2.45. The summed E-state index contributed by atoms with van der Waals surface area (Å²) in [6, 6.07) is 7.84. The normalized spacial score (nSPS) is 18.3. The fourth-order valence-electron chi connectivity index (χ4n) is 3.14. The topological polar surface area (TPSA) is 46.5 Å². The summed E-state index contributed by atoms with van der Waals surface area (Å²) in [7, 11) is 1.65. The lowest BCUT2D eigenvalue weighted by Crippen LogP contribution is -2.32. The van der Waals surface area contributed by atoms with E-state index in [9.17, 15) is 9.90 Å². The minimum atomic E-state index is -0.720. The Bertz CT molecular complexity index is 420. The molecule has 0 radical (unpaired) electrons. The Kier molecular flexibility index (Phi) is 3.90. The molecule has 18 heavy (non-hydrogen) atoms. The molecule has 3 nitrogen and oxygen atoms in total. The standard InChI is InChI=1S/C15H20O3/c1-18-13-8-4-3-7-12(13)15(11-14(16)17)9-5-2-6-10-15/h3-4,7-8H,2,5-6,9-11H2,1H3,(H,16,17). The Morgan fingerprint density at radius 3 is 2.56 bits per heavy atom. The second kappa shape index (κ2) is 5.42. The highest BCUT2D eigenvalue weighted by Gasteiger charge is 2.37. The van der Waals surface area contributed by atoms with Crippen molar-refractivity contribution in [2.24, 2.45) is 0 Å². The quantitative estimate of drug-likeness (QED) is 0.888. The van der Waals surface area contributed by atoms with Gasteiger partial charge >= 0.3 is 5.97 Å². The van der Waals surface area contributed by atoms with E-state index in [0.29, 0.717) is 0 Å². The molecule has 0 aliphatic heterocycles. The monoisotopic (exact) mass is 248 g/mol. The van der Waals surface area contributed by atoms with Gasteiger partial charge in [0, 0.05) is 11.0 Å². The van der Waals surface area contributed by atoms with E-state index in [4.69, 9.17) is 4.74 Å². The molecule has 0 bridgehead atoms. The van der Waals surface area contributed by atoms with E-state index < -0.39 is 5.97 Å². The minimum Gasteiger partial charge on any atom is -0.496 e. The van der Waals surface area contributed by atoms with Crippen LogP contribution in [0.15, 0.2) is 24.3 Å². The number of ether oxygens (including phenoxy) is 1. The molecule has 0 atom stereocenters. The molecule has 0 unspecified atom stereocenters. The van der Waals surface area contributed by atoms with Gasteiger partial charge in [-0.15, -0.1) is 0 Å². The van der Waals surface area contributed by atoms with Crippen molar-refractivity contribution in [2.75, 3.05) is 7.11 Å². The molecular weight excluding hydrogens is 228 g/mol. The third-order valence-corrected chi connectivity index (χ3v) is 3.98. The SMILES string of the molecule is COc1ccccc1C1(CC(=O)O)CCCCC1. The maximum atomic E-state index is 11.2. The lowest BCUT2D eigenvalue weighted by Gasteiger charge is -2.37. The van der Waals surface area contributed by atoms with Crippen LogP contribution in [0.4, 0.5) is 0 Å². The first-order valence-corrected chi connectivity index (χ1v) is 6.53. The van der Waals surface area contributed by atoms with Crippen molar-refractivity contribution >= 4 is 5.97 Å². The highest BCUT2D eigenvalue weighted by atomic mass is 16.5. The lowest BCUT2D eigenvalue weighted by atomic mass is 9.67. The molecular formula is C15H20O3. The zero-order valence-electron chi connectivity index (χ0n) is 10.8. The predicted molar refractivity (Wildman–Crippen MR) is 70.0 cm³/mol.